The van der Waals surface area contributed by atoms with E-state index in [1.807, 2.05) is 25.7 Å². The standard InChI is InChI=1S/C22H30ClF4N5O/c1-21(2,3)10-15(18(28)33)31-19-17(24)20(30-11-29-19)32-8-4-5-16(32)13-7-6-12(9-14(13)23)22(25,26)27/h6-7,9,15-17,20,30H,4-5,8,10-11H2,1-3H3,(H2,28,33)(H,29,31)/t15-,16?,17?,20?/m1/s1. The molecule has 0 spiro atoms. The van der Waals surface area contributed by atoms with E-state index in [1.54, 1.807) is 0 Å². The molecule has 2 aliphatic heterocycles. The Kier molecular flexibility index (Phi) is 7.60. The quantitative estimate of drug-likeness (QED) is 0.544. The average molecular weight is 492 g/mol. The number of carbonyl (C=O) groups is 1. The van der Waals surface area contributed by atoms with Gasteiger partial charge in [0.05, 0.1) is 12.2 Å². The maximum absolute atomic E-state index is 15.6. The summed E-state index contributed by atoms with van der Waals surface area (Å²) in [6.45, 7) is 6.51. The number of likely N-dealkylation sites (tertiary alicyclic amines) is 1. The molecular weight excluding hydrogens is 462 g/mol. The van der Waals surface area contributed by atoms with Crippen LogP contribution < -0.4 is 16.4 Å². The fraction of sp³-hybridized carbons (Fsp3) is 0.636. The van der Waals surface area contributed by atoms with Gasteiger partial charge in [-0.1, -0.05) is 38.4 Å². The molecule has 1 aromatic carbocycles. The number of alkyl halides is 4. The Balaban J connectivity index is 1.79. The minimum absolute atomic E-state index is 0.000993. The molecule has 11 heteroatoms. The van der Waals surface area contributed by atoms with Crippen LogP contribution >= 0.6 is 11.6 Å². The SMILES string of the molecule is CC(C)(C)C[C@@H](NC1=NCNC(N2CCCC2c2ccc(C(F)(F)F)cc2Cl)C1F)C(N)=O. The van der Waals surface area contributed by atoms with Gasteiger partial charge in [-0.25, -0.2) is 4.39 Å². The number of hydrogen-bond acceptors (Lipinski definition) is 5. The number of nitrogens with two attached hydrogens (primary N) is 1. The molecule has 0 radical (unpaired) electrons. The Hall–Kier alpha value is -1.91. The predicted octanol–water partition coefficient (Wildman–Crippen LogP) is 4.00. The van der Waals surface area contributed by atoms with E-state index in [0.29, 0.717) is 24.9 Å². The molecule has 0 saturated carbocycles. The second kappa shape index (κ2) is 9.76. The summed E-state index contributed by atoms with van der Waals surface area (Å²) in [6, 6.07) is 2.14. The van der Waals surface area contributed by atoms with Crippen LogP contribution in [0.1, 0.15) is 57.2 Å². The molecule has 0 aromatic heterocycles. The van der Waals surface area contributed by atoms with Crippen molar-refractivity contribution in [1.82, 2.24) is 15.5 Å². The van der Waals surface area contributed by atoms with Crippen LogP contribution in [0.5, 0.6) is 0 Å². The molecule has 0 bridgehead atoms. The molecule has 2 aliphatic rings. The molecule has 1 saturated heterocycles. The zero-order valence-corrected chi connectivity index (χ0v) is 19.6. The highest BCUT2D eigenvalue weighted by molar-refractivity contribution is 6.31. The summed E-state index contributed by atoms with van der Waals surface area (Å²) in [4.78, 5) is 18.0. The fourth-order valence-electron chi connectivity index (χ4n) is 4.42. The first-order chi connectivity index (χ1) is 15.3. The van der Waals surface area contributed by atoms with Crippen molar-refractivity contribution in [3.63, 3.8) is 0 Å². The number of primary amides is 1. The van der Waals surface area contributed by atoms with E-state index in [4.69, 9.17) is 17.3 Å². The summed E-state index contributed by atoms with van der Waals surface area (Å²) < 4.78 is 54.7. The number of nitrogens with zero attached hydrogens (tertiary/aromatic N) is 2. The third-order valence-corrected chi connectivity index (χ3v) is 6.24. The van der Waals surface area contributed by atoms with Crippen molar-refractivity contribution in [2.75, 3.05) is 13.2 Å². The van der Waals surface area contributed by atoms with Crippen molar-refractivity contribution >= 4 is 23.3 Å². The summed E-state index contributed by atoms with van der Waals surface area (Å²) in [7, 11) is 0. The largest absolute Gasteiger partial charge is 0.416 e. The van der Waals surface area contributed by atoms with Crippen LogP contribution in [0.4, 0.5) is 17.6 Å². The topological polar surface area (TPSA) is 82.8 Å². The number of benzene rings is 1. The van der Waals surface area contributed by atoms with Crippen LogP contribution in [-0.2, 0) is 11.0 Å². The van der Waals surface area contributed by atoms with Crippen LogP contribution in [0.25, 0.3) is 0 Å². The molecule has 3 rings (SSSR count). The molecule has 6 nitrogen and oxygen atoms in total. The molecule has 0 aliphatic carbocycles. The Bertz CT molecular complexity index is 902. The average Bonchev–Trinajstić information content (AvgIpc) is 3.16. The number of rotatable bonds is 5. The maximum Gasteiger partial charge on any atom is 0.416 e. The van der Waals surface area contributed by atoms with Gasteiger partial charge in [-0.3, -0.25) is 20.0 Å². The third-order valence-electron chi connectivity index (χ3n) is 5.91. The van der Waals surface area contributed by atoms with Gasteiger partial charge in [-0.2, -0.15) is 13.2 Å². The summed E-state index contributed by atoms with van der Waals surface area (Å²) in [5.74, 6) is -0.554. The van der Waals surface area contributed by atoms with Gasteiger partial charge in [0.15, 0.2) is 6.17 Å². The Labute approximate surface area is 195 Å². The first-order valence-electron chi connectivity index (χ1n) is 10.9. The van der Waals surface area contributed by atoms with Crippen molar-refractivity contribution in [2.24, 2.45) is 16.1 Å². The molecule has 184 valence electrons. The number of halogens is 5. The molecule has 1 amide bonds. The maximum atomic E-state index is 15.6. The van der Waals surface area contributed by atoms with Crippen LogP contribution in [-0.4, -0.2) is 48.2 Å². The normalized spacial score (nSPS) is 25.6. The van der Waals surface area contributed by atoms with Crippen molar-refractivity contribution in [1.29, 1.82) is 0 Å². The van der Waals surface area contributed by atoms with Gasteiger partial charge in [-0.15, -0.1) is 0 Å². The van der Waals surface area contributed by atoms with Crippen LogP contribution in [0.15, 0.2) is 23.2 Å². The van der Waals surface area contributed by atoms with E-state index in [-0.39, 0.29) is 29.0 Å². The third kappa shape index (κ3) is 6.16. The number of carbonyl (C=O) groups excluding carboxylic acids is 1. The molecular formula is C22H30ClF4N5O. The lowest BCUT2D eigenvalue weighted by Gasteiger charge is -2.39. The molecule has 1 aromatic rings. The second-order valence-corrected chi connectivity index (χ2v) is 10.2. The molecule has 33 heavy (non-hydrogen) atoms. The first kappa shape index (κ1) is 25.7. The molecule has 3 unspecified atom stereocenters. The van der Waals surface area contributed by atoms with Crippen LogP contribution in [0, 0.1) is 5.41 Å². The van der Waals surface area contributed by atoms with Gasteiger partial charge in [0, 0.05) is 17.6 Å². The number of amidine groups is 1. The molecule has 1 fully saturated rings. The minimum atomic E-state index is -4.49. The van der Waals surface area contributed by atoms with Gasteiger partial charge in [0.25, 0.3) is 0 Å². The summed E-state index contributed by atoms with van der Waals surface area (Å²) in [5, 5.41) is 5.92. The smallest absolute Gasteiger partial charge is 0.368 e. The number of amides is 1. The fourth-order valence-corrected chi connectivity index (χ4v) is 4.72. The zero-order valence-electron chi connectivity index (χ0n) is 18.8. The van der Waals surface area contributed by atoms with Gasteiger partial charge in [0.1, 0.15) is 18.0 Å². The number of nitrogens with one attached hydrogen (secondary N) is 2. The first-order valence-corrected chi connectivity index (χ1v) is 11.3. The number of hydrogen-bond donors (Lipinski definition) is 3. The van der Waals surface area contributed by atoms with Gasteiger partial charge < -0.3 is 11.1 Å². The van der Waals surface area contributed by atoms with Crippen molar-refractivity contribution < 1.29 is 22.4 Å². The molecule has 4 atom stereocenters. The number of aliphatic imine (C=N–C) groups is 1. The van der Waals surface area contributed by atoms with Gasteiger partial charge >= 0.3 is 6.18 Å². The Morgan fingerprint density at radius 3 is 2.64 bits per heavy atom. The second-order valence-electron chi connectivity index (χ2n) is 9.75. The summed E-state index contributed by atoms with van der Waals surface area (Å²) in [5.41, 5.74) is 5.00. The van der Waals surface area contributed by atoms with E-state index in [1.165, 1.54) is 6.07 Å². The van der Waals surface area contributed by atoms with E-state index in [0.717, 1.165) is 18.6 Å². The lowest BCUT2D eigenvalue weighted by atomic mass is 9.87. The van der Waals surface area contributed by atoms with E-state index >= 15 is 4.39 Å². The predicted molar refractivity (Wildman–Crippen MR) is 119 cm³/mol. The highest BCUT2D eigenvalue weighted by Gasteiger charge is 2.41. The van der Waals surface area contributed by atoms with Crippen LogP contribution in [0.3, 0.4) is 0 Å². The zero-order chi connectivity index (χ0) is 24.6. The highest BCUT2D eigenvalue weighted by atomic mass is 35.5. The van der Waals surface area contributed by atoms with Gasteiger partial charge in [-0.05, 0) is 42.4 Å². The summed E-state index contributed by atoms with van der Waals surface area (Å²) >= 11 is 6.22. The van der Waals surface area contributed by atoms with Crippen LogP contribution in [0.2, 0.25) is 5.02 Å². The van der Waals surface area contributed by atoms with E-state index in [2.05, 4.69) is 15.6 Å². The van der Waals surface area contributed by atoms with Gasteiger partial charge in [0.2, 0.25) is 5.91 Å². The summed E-state index contributed by atoms with van der Waals surface area (Å²) in [6.07, 6.45) is -5.09. The Morgan fingerprint density at radius 2 is 2.06 bits per heavy atom. The van der Waals surface area contributed by atoms with E-state index in [9.17, 15) is 18.0 Å². The van der Waals surface area contributed by atoms with Crippen molar-refractivity contribution in [2.45, 2.75) is 70.6 Å². The molecule has 2 heterocycles. The monoisotopic (exact) mass is 491 g/mol. The van der Waals surface area contributed by atoms with Crippen molar-refractivity contribution in [3.05, 3.63) is 34.3 Å². The highest BCUT2D eigenvalue weighted by Crippen LogP contribution is 2.40. The lowest BCUT2D eigenvalue weighted by molar-refractivity contribution is -0.137. The molecule has 4 N–H and O–H groups in total. The Morgan fingerprint density at radius 1 is 1.36 bits per heavy atom. The van der Waals surface area contributed by atoms with E-state index < -0.39 is 36.0 Å². The minimum Gasteiger partial charge on any atom is -0.368 e. The van der Waals surface area contributed by atoms with Crippen molar-refractivity contribution in [3.8, 4) is 0 Å². The lowest BCUT2D eigenvalue weighted by Crippen LogP contribution is -2.61.